The van der Waals surface area contributed by atoms with Gasteiger partial charge in [0.25, 0.3) is 5.97 Å². The molecular weight excluding hydrogens is 336 g/mol. The molecule has 0 saturated heterocycles. The molecule has 0 radical (unpaired) electrons. The number of hydrogen-bond donors (Lipinski definition) is 0. The molecule has 0 saturated carbocycles. The van der Waals surface area contributed by atoms with Gasteiger partial charge in [-0.3, -0.25) is 0 Å². The second-order valence-corrected chi connectivity index (χ2v) is 6.72. The highest BCUT2D eigenvalue weighted by Crippen LogP contribution is 2.32. The van der Waals surface area contributed by atoms with E-state index in [9.17, 15) is 0 Å². The monoisotopic (exact) mass is 380 g/mol. The molecule has 1 atom stereocenters. The van der Waals surface area contributed by atoms with Crippen molar-refractivity contribution >= 4 is 0 Å². The first-order valence-electron chi connectivity index (χ1n) is 11.1. The van der Waals surface area contributed by atoms with E-state index in [4.69, 9.17) is 14.2 Å². The van der Waals surface area contributed by atoms with Gasteiger partial charge in [0, 0.05) is 25.7 Å². The topological polar surface area (TPSA) is 27.7 Å². The Morgan fingerprint density at radius 1 is 0.593 bits per heavy atom. The lowest BCUT2D eigenvalue weighted by Crippen LogP contribution is -2.46. The standard InChI is InChI=1S/C18H38O3.C6H6/c1-6-11-12-13-14-15-16-17(7-2)18(19-8-3,20-9-4)21-10-5;1-2-4-6-5-3-1/h17H,6-16H2,1-5H3;1-6H. The van der Waals surface area contributed by atoms with Gasteiger partial charge in [-0.25, -0.2) is 0 Å². The third kappa shape index (κ3) is 12.2. The molecule has 0 amide bonds. The summed E-state index contributed by atoms with van der Waals surface area (Å²) < 4.78 is 17.7. The minimum Gasteiger partial charge on any atom is -0.328 e. The van der Waals surface area contributed by atoms with Crippen molar-refractivity contribution in [3.05, 3.63) is 36.4 Å². The number of rotatable bonds is 15. The van der Waals surface area contributed by atoms with Crippen molar-refractivity contribution in [1.82, 2.24) is 0 Å². The van der Waals surface area contributed by atoms with Crippen molar-refractivity contribution in [2.24, 2.45) is 5.92 Å². The van der Waals surface area contributed by atoms with Crippen LogP contribution < -0.4 is 0 Å². The van der Waals surface area contributed by atoms with E-state index in [-0.39, 0.29) is 0 Å². The molecule has 3 nitrogen and oxygen atoms in total. The lowest BCUT2D eigenvalue weighted by atomic mass is 9.95. The molecule has 1 unspecified atom stereocenters. The van der Waals surface area contributed by atoms with Crippen molar-refractivity contribution in [2.75, 3.05) is 19.8 Å². The highest BCUT2D eigenvalue weighted by Gasteiger charge is 2.40. The largest absolute Gasteiger partial charge is 0.328 e. The number of hydrogen-bond acceptors (Lipinski definition) is 3. The minimum atomic E-state index is -0.837. The molecule has 0 N–H and O–H groups in total. The molecular formula is C24H44O3. The highest BCUT2D eigenvalue weighted by molar-refractivity contribution is 4.99. The van der Waals surface area contributed by atoms with E-state index in [0.29, 0.717) is 25.7 Å². The summed E-state index contributed by atoms with van der Waals surface area (Å²) in [7, 11) is 0. The zero-order chi connectivity index (χ0) is 20.2. The molecule has 0 aliphatic rings. The molecule has 158 valence electrons. The van der Waals surface area contributed by atoms with Crippen LogP contribution in [0, 0.1) is 5.92 Å². The van der Waals surface area contributed by atoms with Crippen molar-refractivity contribution in [2.45, 2.75) is 92.0 Å². The number of unbranched alkanes of at least 4 members (excludes halogenated alkanes) is 5. The molecule has 0 bridgehead atoms. The van der Waals surface area contributed by atoms with Gasteiger partial charge in [0.1, 0.15) is 0 Å². The molecule has 0 spiro atoms. The van der Waals surface area contributed by atoms with Gasteiger partial charge in [-0.15, -0.1) is 0 Å². The van der Waals surface area contributed by atoms with Gasteiger partial charge >= 0.3 is 0 Å². The fraction of sp³-hybridized carbons (Fsp3) is 0.750. The molecule has 0 fully saturated rings. The Hall–Kier alpha value is -0.900. The van der Waals surface area contributed by atoms with Crippen LogP contribution in [-0.2, 0) is 14.2 Å². The average molecular weight is 381 g/mol. The first kappa shape index (κ1) is 26.1. The molecule has 3 heteroatoms. The molecule has 1 aromatic rings. The summed E-state index contributed by atoms with van der Waals surface area (Å²) in [6.45, 7) is 12.3. The Morgan fingerprint density at radius 3 is 1.37 bits per heavy atom. The minimum absolute atomic E-state index is 0.309. The van der Waals surface area contributed by atoms with Crippen LogP contribution in [-0.4, -0.2) is 25.8 Å². The number of benzene rings is 1. The predicted octanol–water partition coefficient (Wildman–Crippen LogP) is 7.21. The summed E-state index contributed by atoms with van der Waals surface area (Å²) in [5.41, 5.74) is 0. The zero-order valence-electron chi connectivity index (χ0n) is 18.5. The van der Waals surface area contributed by atoms with Crippen LogP contribution in [0.2, 0.25) is 0 Å². The third-order valence-corrected chi connectivity index (χ3v) is 4.60. The lowest BCUT2D eigenvalue weighted by molar-refractivity contribution is -0.402. The van der Waals surface area contributed by atoms with Gasteiger partial charge in [0.15, 0.2) is 0 Å². The van der Waals surface area contributed by atoms with Gasteiger partial charge in [-0.1, -0.05) is 88.8 Å². The zero-order valence-corrected chi connectivity index (χ0v) is 18.5. The van der Waals surface area contributed by atoms with Gasteiger partial charge in [-0.2, -0.15) is 0 Å². The Bertz CT molecular complexity index is 350. The second kappa shape index (κ2) is 18.5. The second-order valence-electron chi connectivity index (χ2n) is 6.72. The molecule has 0 aliphatic heterocycles. The Kier molecular flexibility index (Phi) is 17.8. The van der Waals surface area contributed by atoms with E-state index < -0.39 is 5.97 Å². The maximum absolute atomic E-state index is 5.91. The Labute approximate surface area is 168 Å². The third-order valence-electron chi connectivity index (χ3n) is 4.60. The van der Waals surface area contributed by atoms with Gasteiger partial charge in [0.05, 0.1) is 0 Å². The van der Waals surface area contributed by atoms with E-state index >= 15 is 0 Å². The predicted molar refractivity (Wildman–Crippen MR) is 116 cm³/mol. The van der Waals surface area contributed by atoms with Crippen LogP contribution in [0.15, 0.2) is 36.4 Å². The Morgan fingerprint density at radius 2 is 1.00 bits per heavy atom. The van der Waals surface area contributed by atoms with Gasteiger partial charge < -0.3 is 14.2 Å². The van der Waals surface area contributed by atoms with Crippen molar-refractivity contribution in [3.63, 3.8) is 0 Å². The van der Waals surface area contributed by atoms with E-state index in [1.165, 1.54) is 38.5 Å². The van der Waals surface area contributed by atoms with Crippen molar-refractivity contribution in [3.8, 4) is 0 Å². The van der Waals surface area contributed by atoms with E-state index in [1.54, 1.807) is 0 Å². The summed E-state index contributed by atoms with van der Waals surface area (Å²) in [6.07, 6.45) is 10.0. The number of ether oxygens (including phenoxy) is 3. The molecule has 0 aliphatic carbocycles. The first-order chi connectivity index (χ1) is 13.2. The fourth-order valence-electron chi connectivity index (χ4n) is 3.27. The van der Waals surface area contributed by atoms with Gasteiger partial charge in [-0.05, 0) is 33.6 Å². The maximum Gasteiger partial charge on any atom is 0.285 e. The van der Waals surface area contributed by atoms with E-state index in [2.05, 4.69) is 13.8 Å². The van der Waals surface area contributed by atoms with Crippen molar-refractivity contribution in [1.29, 1.82) is 0 Å². The summed E-state index contributed by atoms with van der Waals surface area (Å²) in [5.74, 6) is -0.528. The van der Waals surface area contributed by atoms with Crippen LogP contribution in [0.3, 0.4) is 0 Å². The van der Waals surface area contributed by atoms with Gasteiger partial charge in [0.2, 0.25) is 0 Å². The SMILES string of the molecule is CCCCCCCCC(CC)C(OCC)(OCC)OCC.c1ccccc1. The molecule has 1 aromatic carbocycles. The average Bonchev–Trinajstić information content (AvgIpc) is 2.70. The van der Waals surface area contributed by atoms with Crippen LogP contribution in [0.1, 0.15) is 86.0 Å². The van der Waals surface area contributed by atoms with Crippen LogP contribution >= 0.6 is 0 Å². The van der Waals surface area contributed by atoms with Crippen LogP contribution in [0.5, 0.6) is 0 Å². The molecule has 27 heavy (non-hydrogen) atoms. The highest BCUT2D eigenvalue weighted by atomic mass is 16.9. The first-order valence-corrected chi connectivity index (χ1v) is 11.1. The summed E-state index contributed by atoms with van der Waals surface area (Å²) in [5, 5.41) is 0. The van der Waals surface area contributed by atoms with E-state index in [0.717, 1.165) is 12.8 Å². The fourth-order valence-corrected chi connectivity index (χ4v) is 3.27. The summed E-state index contributed by atoms with van der Waals surface area (Å²) in [4.78, 5) is 0. The lowest BCUT2D eigenvalue weighted by Gasteiger charge is -2.38. The Balaban J connectivity index is 0.000000941. The summed E-state index contributed by atoms with van der Waals surface area (Å²) >= 11 is 0. The van der Waals surface area contributed by atoms with Crippen molar-refractivity contribution < 1.29 is 14.2 Å². The normalized spacial score (nSPS) is 12.3. The molecule has 0 aromatic heterocycles. The molecule has 0 heterocycles. The van der Waals surface area contributed by atoms with E-state index in [1.807, 2.05) is 57.2 Å². The quantitative estimate of drug-likeness (QED) is 0.237. The van der Waals surface area contributed by atoms with Crippen LogP contribution in [0.25, 0.3) is 0 Å². The van der Waals surface area contributed by atoms with Crippen LogP contribution in [0.4, 0.5) is 0 Å². The maximum atomic E-state index is 5.91. The smallest absolute Gasteiger partial charge is 0.285 e. The molecule has 1 rings (SSSR count). The summed E-state index contributed by atoms with van der Waals surface area (Å²) in [6, 6.07) is 12.0.